The molecule has 0 aliphatic heterocycles. The van der Waals surface area contributed by atoms with Crippen molar-refractivity contribution < 1.29 is 0 Å². The van der Waals surface area contributed by atoms with Crippen molar-refractivity contribution >= 4 is 45.2 Å². The van der Waals surface area contributed by atoms with E-state index in [4.69, 9.17) is 0 Å². The van der Waals surface area contributed by atoms with E-state index < -0.39 is 5.41 Å². The van der Waals surface area contributed by atoms with Crippen molar-refractivity contribution in [2.75, 3.05) is 4.90 Å². The summed E-state index contributed by atoms with van der Waals surface area (Å²) in [5.74, 6) is 0.322. The van der Waals surface area contributed by atoms with Gasteiger partial charge in [0.2, 0.25) is 0 Å². The molecule has 0 fully saturated rings. The van der Waals surface area contributed by atoms with Crippen LogP contribution in [0.1, 0.15) is 52.6 Å². The lowest BCUT2D eigenvalue weighted by Crippen LogP contribution is -2.37. The van der Waals surface area contributed by atoms with Crippen LogP contribution >= 0.6 is 0 Å². The molecule has 1 heterocycles. The Morgan fingerprint density at radius 1 is 0.537 bits per heavy atom. The second-order valence-corrected chi connectivity index (χ2v) is 18.2. The summed E-state index contributed by atoms with van der Waals surface area (Å²) in [7, 11) is 0. The zero-order valence-electron chi connectivity index (χ0n) is 37.3. The van der Waals surface area contributed by atoms with Gasteiger partial charge in [-0.15, -0.1) is 0 Å². The van der Waals surface area contributed by atoms with E-state index in [0.29, 0.717) is 5.92 Å². The number of allylic oxidation sites excluding steroid dienone is 8. The molecular weight excluding hydrogens is 809 g/mol. The Hall–Kier alpha value is -8.20. The first kappa shape index (κ1) is 39.2. The third kappa shape index (κ3) is 6.17. The molecule has 0 bridgehead atoms. The average molecular weight is 857 g/mol. The van der Waals surface area contributed by atoms with E-state index in [0.717, 1.165) is 30.6 Å². The lowest BCUT2D eigenvalue weighted by atomic mass is 9.67. The summed E-state index contributed by atoms with van der Waals surface area (Å²) in [6, 6.07) is 79.0. The highest BCUT2D eigenvalue weighted by molar-refractivity contribution is 6.00. The lowest BCUT2D eigenvalue weighted by molar-refractivity contribution is 0.768. The van der Waals surface area contributed by atoms with Gasteiger partial charge in [0.05, 0.1) is 16.3 Å². The molecule has 0 saturated heterocycles. The van der Waals surface area contributed by atoms with Gasteiger partial charge < -0.3 is 9.47 Å². The maximum atomic E-state index is 2.59. The number of hydrogen-bond donors (Lipinski definition) is 0. The van der Waals surface area contributed by atoms with Crippen LogP contribution in [0.25, 0.3) is 50.6 Å². The molecule has 1 aromatic heterocycles. The normalized spacial score (nSPS) is 16.4. The molecule has 2 nitrogen and oxygen atoms in total. The largest absolute Gasteiger partial charge is 0.314 e. The highest BCUT2D eigenvalue weighted by Gasteiger charge is 2.46. The number of aromatic nitrogens is 1. The second kappa shape index (κ2) is 16.0. The SMILES string of the molecule is C1=CCC2C(=C1)C=CC(c1ccc(N(C3=c4c(n(-c5ccccc5)c5ccccc45)=CCC3)c3ccc4c(c3)C(c3ccccc3)(c3ccccc3)c3ccccc3-4)cc1)=C2c1ccccc1. The van der Waals surface area contributed by atoms with E-state index in [1.54, 1.807) is 0 Å². The van der Waals surface area contributed by atoms with Crippen molar-refractivity contribution in [2.24, 2.45) is 5.92 Å². The van der Waals surface area contributed by atoms with Crippen LogP contribution in [0, 0.1) is 5.92 Å². The van der Waals surface area contributed by atoms with Crippen LogP contribution in [0.3, 0.4) is 0 Å². The minimum absolute atomic E-state index is 0.322. The Labute approximate surface area is 392 Å². The van der Waals surface area contributed by atoms with Crippen LogP contribution in [-0.4, -0.2) is 4.57 Å². The monoisotopic (exact) mass is 856 g/mol. The summed E-state index contributed by atoms with van der Waals surface area (Å²) in [5, 5.41) is 3.81. The van der Waals surface area contributed by atoms with Gasteiger partial charge in [-0.2, -0.15) is 0 Å². The number of fused-ring (bicyclic) bond motifs is 7. The van der Waals surface area contributed by atoms with E-state index in [-0.39, 0.29) is 0 Å². The summed E-state index contributed by atoms with van der Waals surface area (Å²) < 4.78 is 2.47. The summed E-state index contributed by atoms with van der Waals surface area (Å²) in [5.41, 5.74) is 19.8. The second-order valence-electron chi connectivity index (χ2n) is 18.2. The van der Waals surface area contributed by atoms with Gasteiger partial charge in [0.25, 0.3) is 0 Å². The van der Waals surface area contributed by atoms with E-state index in [1.165, 1.54) is 94.1 Å². The number of benzene rings is 8. The summed E-state index contributed by atoms with van der Waals surface area (Å²) in [4.78, 5) is 2.59. The number of rotatable bonds is 8. The lowest BCUT2D eigenvalue weighted by Gasteiger charge is -2.35. The van der Waals surface area contributed by atoms with E-state index in [2.05, 4.69) is 258 Å². The molecule has 318 valence electrons. The highest BCUT2D eigenvalue weighted by atomic mass is 15.2. The molecular formula is C65H48N2. The first-order chi connectivity index (χ1) is 33.3. The number of nitrogens with zero attached hydrogens (tertiary/aromatic N) is 2. The van der Waals surface area contributed by atoms with Gasteiger partial charge in [-0.25, -0.2) is 0 Å². The minimum atomic E-state index is -0.519. The van der Waals surface area contributed by atoms with Crippen LogP contribution in [-0.2, 0) is 5.41 Å². The zero-order valence-corrected chi connectivity index (χ0v) is 37.3. The number of hydrogen-bond acceptors (Lipinski definition) is 1. The smallest absolute Gasteiger partial charge is 0.0714 e. The molecule has 0 amide bonds. The fraction of sp³-hybridized carbons (Fsp3) is 0.0769. The van der Waals surface area contributed by atoms with Gasteiger partial charge in [-0.1, -0.05) is 206 Å². The molecule has 2 heteroatoms. The fourth-order valence-electron chi connectivity index (χ4n) is 11.9. The predicted octanol–water partition coefficient (Wildman–Crippen LogP) is 14.5. The van der Waals surface area contributed by atoms with Gasteiger partial charge in [0.1, 0.15) is 0 Å². The van der Waals surface area contributed by atoms with Crippen LogP contribution < -0.4 is 15.5 Å². The van der Waals surface area contributed by atoms with E-state index in [9.17, 15) is 0 Å². The topological polar surface area (TPSA) is 8.17 Å². The fourth-order valence-corrected chi connectivity index (χ4v) is 11.9. The van der Waals surface area contributed by atoms with Crippen molar-refractivity contribution in [3.8, 4) is 16.8 Å². The molecule has 4 aliphatic carbocycles. The summed E-state index contributed by atoms with van der Waals surface area (Å²) >= 11 is 0. The van der Waals surface area contributed by atoms with Gasteiger partial charge in [0.15, 0.2) is 0 Å². The molecule has 8 aromatic carbocycles. The molecule has 0 spiro atoms. The molecule has 0 saturated carbocycles. The quantitative estimate of drug-likeness (QED) is 0.148. The van der Waals surface area contributed by atoms with Crippen molar-refractivity contribution in [3.63, 3.8) is 0 Å². The van der Waals surface area contributed by atoms with Crippen LogP contribution in [0.15, 0.2) is 248 Å². The standard InChI is InChI=1S/C65H48N2/c1-5-21-47(22-6-1)63-53-29-14-13-20-45(53)38-42-54(63)46-36-39-51(40-37-46)66(61-34-19-35-62-64(61)57-31-16-18-33-60(57)67(62)50-27-11-4-12-28-50)52-41-43-56-55-30-15-17-32-58(55)65(59(56)44-52,48-23-7-2-8-24-48)49-25-9-3-10-26-49/h1-18,20-28,30-33,35-44,53H,19,29,34H2. The molecule has 13 rings (SSSR count). The first-order valence-electron chi connectivity index (χ1n) is 23.8. The Balaban J connectivity index is 1.07. The molecule has 67 heavy (non-hydrogen) atoms. The van der Waals surface area contributed by atoms with Gasteiger partial charge in [-0.3, -0.25) is 0 Å². The van der Waals surface area contributed by atoms with Crippen molar-refractivity contribution in [1.82, 2.24) is 4.57 Å². The van der Waals surface area contributed by atoms with E-state index >= 15 is 0 Å². The minimum Gasteiger partial charge on any atom is -0.314 e. The molecule has 9 aromatic rings. The summed E-state index contributed by atoms with van der Waals surface area (Å²) in [6.07, 6.45) is 16.8. The number of anilines is 2. The Morgan fingerprint density at radius 2 is 1.18 bits per heavy atom. The maximum Gasteiger partial charge on any atom is 0.0714 e. The van der Waals surface area contributed by atoms with Gasteiger partial charge in [-0.05, 0) is 123 Å². The highest BCUT2D eigenvalue weighted by Crippen LogP contribution is 2.57. The number of para-hydroxylation sites is 2. The third-order valence-corrected chi connectivity index (χ3v) is 14.7. The first-order valence-corrected chi connectivity index (χ1v) is 23.8. The molecule has 0 N–H and O–H groups in total. The Morgan fingerprint density at radius 3 is 1.94 bits per heavy atom. The van der Waals surface area contributed by atoms with Gasteiger partial charge >= 0.3 is 0 Å². The van der Waals surface area contributed by atoms with Crippen LogP contribution in [0.4, 0.5) is 11.4 Å². The average Bonchev–Trinajstić information content (AvgIpc) is 3.91. The zero-order chi connectivity index (χ0) is 44.3. The van der Waals surface area contributed by atoms with Crippen LogP contribution in [0.5, 0.6) is 0 Å². The molecule has 0 radical (unpaired) electrons. The van der Waals surface area contributed by atoms with E-state index in [1.807, 2.05) is 0 Å². The van der Waals surface area contributed by atoms with Crippen molar-refractivity contribution in [1.29, 1.82) is 0 Å². The van der Waals surface area contributed by atoms with Gasteiger partial charge in [0, 0.05) is 39.3 Å². The molecule has 1 atom stereocenters. The third-order valence-electron chi connectivity index (χ3n) is 14.7. The predicted molar refractivity (Wildman–Crippen MR) is 280 cm³/mol. The maximum absolute atomic E-state index is 2.59. The molecule has 1 unspecified atom stereocenters. The summed E-state index contributed by atoms with van der Waals surface area (Å²) in [6.45, 7) is 0. The Bertz CT molecular complexity index is 3590. The Kier molecular flexibility index (Phi) is 9.39. The van der Waals surface area contributed by atoms with Crippen molar-refractivity contribution in [2.45, 2.75) is 24.7 Å². The van der Waals surface area contributed by atoms with Crippen molar-refractivity contribution in [3.05, 3.63) is 292 Å². The van der Waals surface area contributed by atoms with Crippen LogP contribution in [0.2, 0.25) is 0 Å². The molecule has 4 aliphatic rings.